The Morgan fingerprint density at radius 2 is 1.68 bits per heavy atom. The summed E-state index contributed by atoms with van der Waals surface area (Å²) in [5.74, 6) is 2.54. The molecule has 0 radical (unpaired) electrons. The topological polar surface area (TPSA) is 21.3 Å². The minimum absolute atomic E-state index is 0.494. The first-order valence-corrected chi connectivity index (χ1v) is 8.27. The number of rotatable bonds is 3. The normalized spacial score (nSPS) is 35.1. The van der Waals surface area contributed by atoms with Gasteiger partial charge >= 0.3 is 0 Å². The first-order chi connectivity index (χ1) is 9.02. The molecule has 0 bridgehead atoms. The van der Waals surface area contributed by atoms with Crippen LogP contribution in [0.3, 0.4) is 0 Å². The molecule has 1 aliphatic carbocycles. The monoisotopic (exact) mass is 267 g/mol. The largest absolute Gasteiger partial charge is 0.381 e. The number of ether oxygens (including phenoxy) is 1. The zero-order valence-electron chi connectivity index (χ0n) is 13.4. The summed E-state index contributed by atoms with van der Waals surface area (Å²) in [6.07, 6.45) is 8.25. The van der Waals surface area contributed by atoms with Crippen molar-refractivity contribution in [2.24, 2.45) is 23.2 Å². The van der Waals surface area contributed by atoms with Gasteiger partial charge in [0.25, 0.3) is 0 Å². The van der Waals surface area contributed by atoms with Crippen LogP contribution in [-0.4, -0.2) is 26.3 Å². The van der Waals surface area contributed by atoms with E-state index in [2.05, 4.69) is 33.1 Å². The smallest absolute Gasteiger partial charge is 0.0509 e. The Bertz CT molecular complexity index is 257. The highest BCUT2D eigenvalue weighted by Gasteiger charge is 2.35. The highest BCUT2D eigenvalue weighted by Crippen LogP contribution is 2.42. The zero-order chi connectivity index (χ0) is 13.9. The van der Waals surface area contributed by atoms with E-state index in [1.54, 1.807) is 0 Å². The van der Waals surface area contributed by atoms with Crippen LogP contribution in [0.25, 0.3) is 0 Å². The molecule has 1 heterocycles. The Hall–Kier alpha value is -0.0800. The van der Waals surface area contributed by atoms with Crippen LogP contribution in [-0.2, 0) is 4.74 Å². The van der Waals surface area contributed by atoms with Gasteiger partial charge in [-0.1, -0.05) is 20.8 Å². The summed E-state index contributed by atoms with van der Waals surface area (Å²) in [6.45, 7) is 9.17. The van der Waals surface area contributed by atoms with Crippen LogP contribution in [0, 0.1) is 23.2 Å². The van der Waals surface area contributed by atoms with Crippen LogP contribution in [0.1, 0.15) is 59.3 Å². The molecule has 0 aromatic heterocycles. The van der Waals surface area contributed by atoms with Gasteiger partial charge < -0.3 is 10.1 Å². The fourth-order valence-corrected chi connectivity index (χ4v) is 4.25. The fraction of sp³-hybridized carbons (Fsp3) is 1.00. The Kier molecular flexibility index (Phi) is 5.30. The number of hydrogen-bond donors (Lipinski definition) is 1. The second-order valence-electron chi connectivity index (χ2n) is 7.77. The molecule has 1 saturated heterocycles. The lowest BCUT2D eigenvalue weighted by molar-refractivity contribution is 0.0204. The predicted octanol–water partition coefficient (Wildman–Crippen LogP) is 3.85. The van der Waals surface area contributed by atoms with Crippen molar-refractivity contribution in [2.45, 2.75) is 65.3 Å². The molecular weight excluding hydrogens is 234 g/mol. The molecule has 0 aromatic carbocycles. The van der Waals surface area contributed by atoms with Gasteiger partial charge in [0.2, 0.25) is 0 Å². The van der Waals surface area contributed by atoms with E-state index in [1.165, 1.54) is 38.5 Å². The van der Waals surface area contributed by atoms with Crippen LogP contribution >= 0.6 is 0 Å². The molecule has 1 aliphatic heterocycles. The molecule has 2 atom stereocenters. The van der Waals surface area contributed by atoms with E-state index < -0.39 is 0 Å². The quantitative estimate of drug-likeness (QED) is 0.838. The van der Waals surface area contributed by atoms with Crippen LogP contribution in [0.2, 0.25) is 0 Å². The van der Waals surface area contributed by atoms with E-state index in [1.807, 2.05) is 0 Å². The summed E-state index contributed by atoms with van der Waals surface area (Å²) >= 11 is 0. The minimum atomic E-state index is 0.494. The molecule has 2 heteroatoms. The number of hydrogen-bond acceptors (Lipinski definition) is 2. The Morgan fingerprint density at radius 3 is 2.16 bits per heavy atom. The average molecular weight is 267 g/mol. The van der Waals surface area contributed by atoms with Gasteiger partial charge in [-0.2, -0.15) is 0 Å². The van der Waals surface area contributed by atoms with Gasteiger partial charge in [0, 0.05) is 12.6 Å². The van der Waals surface area contributed by atoms with E-state index in [4.69, 9.17) is 4.74 Å². The van der Waals surface area contributed by atoms with Crippen molar-refractivity contribution in [2.75, 3.05) is 20.3 Å². The van der Waals surface area contributed by atoms with Crippen molar-refractivity contribution in [1.29, 1.82) is 0 Å². The van der Waals surface area contributed by atoms with Crippen LogP contribution in [0.5, 0.6) is 0 Å². The van der Waals surface area contributed by atoms with E-state index in [-0.39, 0.29) is 0 Å². The summed E-state index contributed by atoms with van der Waals surface area (Å²) in [7, 11) is 2.15. The van der Waals surface area contributed by atoms with Gasteiger partial charge in [-0.05, 0) is 68.7 Å². The van der Waals surface area contributed by atoms with Crippen molar-refractivity contribution in [3.05, 3.63) is 0 Å². The van der Waals surface area contributed by atoms with E-state index in [0.717, 1.165) is 31.0 Å². The summed E-state index contributed by atoms with van der Waals surface area (Å²) < 4.78 is 5.69. The summed E-state index contributed by atoms with van der Waals surface area (Å²) in [5, 5.41) is 3.62. The summed E-state index contributed by atoms with van der Waals surface area (Å²) in [6, 6.07) is 0.682. The minimum Gasteiger partial charge on any atom is -0.381 e. The van der Waals surface area contributed by atoms with E-state index >= 15 is 0 Å². The van der Waals surface area contributed by atoms with Gasteiger partial charge in [-0.3, -0.25) is 0 Å². The van der Waals surface area contributed by atoms with Gasteiger partial charge in [0.15, 0.2) is 0 Å². The van der Waals surface area contributed by atoms with Crippen molar-refractivity contribution in [3.63, 3.8) is 0 Å². The SMILES string of the molecule is CNC(C1CCC(C(C)(C)C)CC1)C1CCCOC1. The van der Waals surface area contributed by atoms with Gasteiger partial charge in [0.05, 0.1) is 6.61 Å². The second kappa shape index (κ2) is 6.58. The van der Waals surface area contributed by atoms with Crippen molar-refractivity contribution in [3.8, 4) is 0 Å². The van der Waals surface area contributed by atoms with Gasteiger partial charge in [-0.25, -0.2) is 0 Å². The van der Waals surface area contributed by atoms with Crippen LogP contribution in [0.4, 0.5) is 0 Å². The van der Waals surface area contributed by atoms with Crippen LogP contribution in [0.15, 0.2) is 0 Å². The fourth-order valence-electron chi connectivity index (χ4n) is 4.25. The predicted molar refractivity (Wildman–Crippen MR) is 81.3 cm³/mol. The maximum Gasteiger partial charge on any atom is 0.0509 e. The molecular formula is C17H33NO. The lowest BCUT2D eigenvalue weighted by atomic mass is 9.67. The third-order valence-corrected chi connectivity index (χ3v) is 5.54. The molecule has 0 amide bonds. The molecule has 1 saturated carbocycles. The Morgan fingerprint density at radius 1 is 1.00 bits per heavy atom. The van der Waals surface area contributed by atoms with Crippen molar-refractivity contribution >= 4 is 0 Å². The first-order valence-electron chi connectivity index (χ1n) is 8.27. The first kappa shape index (κ1) is 15.3. The molecule has 19 heavy (non-hydrogen) atoms. The molecule has 2 unspecified atom stereocenters. The van der Waals surface area contributed by atoms with E-state index in [0.29, 0.717) is 11.5 Å². The molecule has 2 nitrogen and oxygen atoms in total. The standard InChI is InChI=1S/C17H33NO/c1-17(2,3)15-9-7-13(8-10-15)16(18-4)14-6-5-11-19-12-14/h13-16,18H,5-12H2,1-4H3. The highest BCUT2D eigenvalue weighted by atomic mass is 16.5. The third kappa shape index (κ3) is 3.95. The van der Waals surface area contributed by atoms with E-state index in [9.17, 15) is 0 Å². The Labute approximate surface area is 119 Å². The van der Waals surface area contributed by atoms with Crippen molar-refractivity contribution < 1.29 is 4.74 Å². The molecule has 2 fully saturated rings. The van der Waals surface area contributed by atoms with Crippen LogP contribution < -0.4 is 5.32 Å². The zero-order valence-corrected chi connectivity index (χ0v) is 13.4. The maximum absolute atomic E-state index is 5.69. The van der Waals surface area contributed by atoms with Gasteiger partial charge in [0.1, 0.15) is 0 Å². The molecule has 2 aliphatic rings. The third-order valence-electron chi connectivity index (χ3n) is 5.54. The Balaban J connectivity index is 1.87. The average Bonchev–Trinajstić information content (AvgIpc) is 2.40. The van der Waals surface area contributed by atoms with Gasteiger partial charge in [-0.15, -0.1) is 0 Å². The van der Waals surface area contributed by atoms with Crippen molar-refractivity contribution in [1.82, 2.24) is 5.32 Å². The lowest BCUT2D eigenvalue weighted by Crippen LogP contribution is -2.45. The molecule has 2 rings (SSSR count). The number of nitrogens with one attached hydrogen (secondary N) is 1. The molecule has 0 spiro atoms. The molecule has 1 N–H and O–H groups in total. The second-order valence-corrected chi connectivity index (χ2v) is 7.77. The molecule has 0 aromatic rings. The highest BCUT2D eigenvalue weighted by molar-refractivity contribution is 4.89. The maximum atomic E-state index is 5.69. The summed E-state index contributed by atoms with van der Waals surface area (Å²) in [5.41, 5.74) is 0.494. The summed E-state index contributed by atoms with van der Waals surface area (Å²) in [4.78, 5) is 0. The lowest BCUT2D eigenvalue weighted by Gasteiger charge is -2.42. The molecule has 112 valence electrons.